The lowest BCUT2D eigenvalue weighted by molar-refractivity contribution is -0.140. The molecule has 0 aliphatic rings. The van der Waals surface area contributed by atoms with Crippen LogP contribution < -0.4 is 18.9 Å². The third-order valence-electron chi connectivity index (χ3n) is 12.8. The van der Waals surface area contributed by atoms with Gasteiger partial charge in [0.1, 0.15) is 23.0 Å². The van der Waals surface area contributed by atoms with Crippen LogP contribution in [0.2, 0.25) is 0 Å². The van der Waals surface area contributed by atoms with Gasteiger partial charge >= 0.3 is 35.8 Å². The summed E-state index contributed by atoms with van der Waals surface area (Å²) in [6.07, 6.45) is 15.2. The second-order valence-electron chi connectivity index (χ2n) is 19.0. The van der Waals surface area contributed by atoms with Crippen LogP contribution in [0.25, 0.3) is 22.3 Å². The number of benzene rings is 6. The van der Waals surface area contributed by atoms with Crippen LogP contribution >= 0.6 is 0 Å². The summed E-state index contributed by atoms with van der Waals surface area (Å²) in [5.41, 5.74) is 4.94. The van der Waals surface area contributed by atoms with Crippen LogP contribution in [-0.2, 0) is 19.1 Å². The molecule has 2 atom stereocenters. The molecule has 76 heavy (non-hydrogen) atoms. The zero-order valence-electron chi connectivity index (χ0n) is 44.2. The van der Waals surface area contributed by atoms with Gasteiger partial charge in [0, 0.05) is 0 Å². The van der Waals surface area contributed by atoms with E-state index < -0.39 is 23.9 Å². The lowest BCUT2D eigenvalue weighted by Crippen LogP contribution is -2.15. The molecule has 0 radical (unpaired) electrons. The summed E-state index contributed by atoms with van der Waals surface area (Å²) in [6.45, 7) is 8.27. The van der Waals surface area contributed by atoms with Crippen LogP contribution in [0.15, 0.2) is 146 Å². The van der Waals surface area contributed by atoms with Crippen molar-refractivity contribution in [2.24, 2.45) is 0 Å². The number of unbranched alkanes of at least 4 members (excludes halogenated alkanes) is 10. The molecular weight excluding hydrogens is 961 g/mol. The second-order valence-corrected chi connectivity index (χ2v) is 19.0. The quantitative estimate of drug-likeness (QED) is 0.0249. The van der Waals surface area contributed by atoms with E-state index in [-0.39, 0.29) is 59.6 Å². The van der Waals surface area contributed by atoms with Crippen molar-refractivity contribution in [2.75, 3.05) is 0 Å². The molecule has 0 amide bonds. The minimum atomic E-state index is -0.680. The Kier molecular flexibility index (Phi) is 23.0. The monoisotopic (exact) mass is 1030 g/mol. The fraction of sp³-hybridized carbons (Fsp3) is 0.344. The van der Waals surface area contributed by atoms with E-state index in [1.165, 1.54) is 99.9 Å². The molecule has 398 valence electrons. The first kappa shape index (κ1) is 57.4. The maximum absolute atomic E-state index is 12.9. The highest BCUT2D eigenvalue weighted by atomic mass is 16.6. The average Bonchev–Trinajstić information content (AvgIpc) is 3.43. The molecule has 0 saturated heterocycles. The van der Waals surface area contributed by atoms with Gasteiger partial charge in [0.25, 0.3) is 0 Å². The second kappa shape index (κ2) is 30.5. The average molecular weight is 1030 g/mol. The van der Waals surface area contributed by atoms with Gasteiger partial charge in [-0.3, -0.25) is 9.59 Å². The van der Waals surface area contributed by atoms with E-state index in [2.05, 4.69) is 13.8 Å². The van der Waals surface area contributed by atoms with Crippen molar-refractivity contribution in [1.29, 1.82) is 0 Å². The minimum Gasteiger partial charge on any atom is -0.459 e. The van der Waals surface area contributed by atoms with Gasteiger partial charge in [-0.15, -0.1) is 0 Å². The van der Waals surface area contributed by atoms with Crippen LogP contribution in [0.4, 0.5) is 0 Å². The number of rotatable bonds is 29. The van der Waals surface area contributed by atoms with Gasteiger partial charge < -0.3 is 28.4 Å². The van der Waals surface area contributed by atoms with E-state index in [9.17, 15) is 28.8 Å². The molecule has 0 aliphatic carbocycles. The van der Waals surface area contributed by atoms with Crippen LogP contribution in [-0.4, -0.2) is 48.0 Å². The normalized spacial score (nSPS) is 11.7. The Labute approximate surface area is 447 Å². The Balaban J connectivity index is 0.863. The van der Waals surface area contributed by atoms with Gasteiger partial charge in [-0.05, 0) is 159 Å². The summed E-state index contributed by atoms with van der Waals surface area (Å²) < 4.78 is 33.2. The first-order valence-corrected chi connectivity index (χ1v) is 26.8. The van der Waals surface area contributed by atoms with E-state index >= 15 is 0 Å². The lowest BCUT2D eigenvalue weighted by atomic mass is 10.0. The molecule has 0 N–H and O–H groups in total. The number of hydrogen-bond acceptors (Lipinski definition) is 12. The van der Waals surface area contributed by atoms with Crippen molar-refractivity contribution in [1.82, 2.24) is 0 Å². The highest BCUT2D eigenvalue weighted by Crippen LogP contribution is 2.27. The number of esters is 6. The van der Waals surface area contributed by atoms with Crippen molar-refractivity contribution >= 4 is 35.8 Å². The smallest absolute Gasteiger partial charge is 0.343 e. The molecule has 6 aromatic rings. The molecule has 0 fully saturated rings. The van der Waals surface area contributed by atoms with E-state index in [1.807, 2.05) is 62.4 Å². The summed E-state index contributed by atoms with van der Waals surface area (Å²) >= 11 is 0. The van der Waals surface area contributed by atoms with E-state index in [0.717, 1.165) is 60.8 Å². The molecule has 6 rings (SSSR count). The Morgan fingerprint density at radius 1 is 0.316 bits per heavy atom. The fourth-order valence-electron chi connectivity index (χ4n) is 8.29. The zero-order chi connectivity index (χ0) is 54.1. The van der Waals surface area contributed by atoms with Crippen molar-refractivity contribution in [3.8, 4) is 45.3 Å². The maximum atomic E-state index is 12.9. The molecular formula is C64H70O12. The first-order chi connectivity index (χ1) is 36.9. The third kappa shape index (κ3) is 19.1. The molecule has 12 nitrogen and oxygen atoms in total. The molecule has 0 saturated carbocycles. The van der Waals surface area contributed by atoms with Crippen LogP contribution in [0.3, 0.4) is 0 Å². The molecule has 0 aliphatic heterocycles. The SMILES string of the molecule is CCCCCCCCC(C)OC(=O)c1ccc(-c2ccc(OC(=O)c3ccc(OC(=O)CCC(=O)Oc4ccc(C(=O)Oc5ccc(-c6ccc(C(=O)OC(C)CCCCCCCC)cc6)cc5)cc4)cc3)cc2)cc1. The third-order valence-corrected chi connectivity index (χ3v) is 12.8. The molecule has 12 heteroatoms. The topological polar surface area (TPSA) is 158 Å². The van der Waals surface area contributed by atoms with Gasteiger partial charge in [0.2, 0.25) is 0 Å². The van der Waals surface area contributed by atoms with Crippen molar-refractivity contribution in [3.63, 3.8) is 0 Å². The summed E-state index contributed by atoms with van der Waals surface area (Å²) in [6, 6.07) is 40.0. The highest BCUT2D eigenvalue weighted by molar-refractivity contribution is 5.93. The number of carbonyl (C=O) groups excluding carboxylic acids is 6. The van der Waals surface area contributed by atoms with Gasteiger partial charge in [0.05, 0.1) is 47.3 Å². The van der Waals surface area contributed by atoms with E-state index in [0.29, 0.717) is 22.6 Å². The highest BCUT2D eigenvalue weighted by Gasteiger charge is 2.17. The molecule has 0 bridgehead atoms. The Morgan fingerprint density at radius 3 is 0.895 bits per heavy atom. The maximum Gasteiger partial charge on any atom is 0.343 e. The molecule has 6 aromatic carbocycles. The van der Waals surface area contributed by atoms with Gasteiger partial charge in [0.15, 0.2) is 0 Å². The molecule has 0 heterocycles. The van der Waals surface area contributed by atoms with Gasteiger partial charge in [-0.2, -0.15) is 0 Å². The van der Waals surface area contributed by atoms with E-state index in [1.54, 1.807) is 48.5 Å². The van der Waals surface area contributed by atoms with Crippen LogP contribution in [0.1, 0.15) is 172 Å². The number of carbonyl (C=O) groups is 6. The fourth-order valence-corrected chi connectivity index (χ4v) is 8.29. The summed E-state index contributed by atoms with van der Waals surface area (Å²) in [5.74, 6) is -2.25. The van der Waals surface area contributed by atoms with Gasteiger partial charge in [-0.25, -0.2) is 19.2 Å². The van der Waals surface area contributed by atoms with Crippen LogP contribution in [0, 0.1) is 0 Å². The van der Waals surface area contributed by atoms with Crippen molar-refractivity contribution in [2.45, 2.75) is 143 Å². The summed E-state index contributed by atoms with van der Waals surface area (Å²) in [5, 5.41) is 0. The Morgan fingerprint density at radius 2 is 0.566 bits per heavy atom. The lowest BCUT2D eigenvalue weighted by Gasteiger charge is -2.13. The Bertz CT molecular complexity index is 2590. The zero-order valence-corrected chi connectivity index (χ0v) is 44.2. The van der Waals surface area contributed by atoms with Crippen LogP contribution in [0.5, 0.6) is 23.0 Å². The largest absolute Gasteiger partial charge is 0.459 e. The van der Waals surface area contributed by atoms with Crippen molar-refractivity contribution < 1.29 is 57.2 Å². The molecule has 0 aromatic heterocycles. The number of ether oxygens (including phenoxy) is 6. The summed E-state index contributed by atoms with van der Waals surface area (Å²) in [4.78, 5) is 76.4. The minimum absolute atomic E-state index is 0.144. The predicted octanol–water partition coefficient (Wildman–Crippen LogP) is 15.3. The van der Waals surface area contributed by atoms with Crippen molar-refractivity contribution in [3.05, 3.63) is 168 Å². The standard InChI is InChI=1S/C64H70O12/c1-5-7-9-11-13-15-17-45(3)71-61(67)51-23-19-47(20-24-51)49-27-35-57(36-28-49)75-63(69)53-31-39-55(40-32-53)73-59(65)43-44-60(66)74-56-41-33-54(34-42-56)64(70)76-58-37-29-50(30-38-58)48-21-25-52(26-22-48)62(68)72-46(4)18-16-14-12-10-8-6-2/h19-42,45-46H,5-18,43-44H2,1-4H3. The number of hydrogen-bond donors (Lipinski definition) is 0. The van der Waals surface area contributed by atoms with E-state index in [4.69, 9.17) is 28.4 Å². The Hall–Kier alpha value is -7.86. The van der Waals surface area contributed by atoms with Gasteiger partial charge in [-0.1, -0.05) is 127 Å². The summed E-state index contributed by atoms with van der Waals surface area (Å²) in [7, 11) is 0. The predicted molar refractivity (Wildman–Crippen MR) is 293 cm³/mol. The molecule has 0 spiro atoms. The molecule has 2 unspecified atom stereocenters. The first-order valence-electron chi connectivity index (χ1n) is 26.8.